The summed E-state index contributed by atoms with van der Waals surface area (Å²) in [7, 11) is 0. The average Bonchev–Trinajstić information content (AvgIpc) is 2.52. The minimum absolute atomic E-state index is 0.0977. The number of benzene rings is 1. The molecule has 4 nitrogen and oxygen atoms in total. The Morgan fingerprint density at radius 3 is 2.35 bits per heavy atom. The lowest BCUT2D eigenvalue weighted by atomic mass is 10.1. The third-order valence-corrected chi connectivity index (χ3v) is 3.41. The summed E-state index contributed by atoms with van der Waals surface area (Å²) in [6.45, 7) is -1.46. The maximum absolute atomic E-state index is 12.8. The molecule has 7 heteroatoms. The van der Waals surface area contributed by atoms with Gasteiger partial charge >= 0.3 is 11.7 Å². The maximum atomic E-state index is 12.8. The van der Waals surface area contributed by atoms with Crippen molar-refractivity contribution in [1.29, 1.82) is 0 Å². The van der Waals surface area contributed by atoms with Crippen molar-refractivity contribution in [2.45, 2.75) is 12.7 Å². The van der Waals surface area contributed by atoms with Crippen LogP contribution < -0.4 is 15.2 Å². The summed E-state index contributed by atoms with van der Waals surface area (Å²) in [5, 5.41) is 12.5. The van der Waals surface area contributed by atoms with E-state index in [1.807, 2.05) is 0 Å². The fourth-order valence-corrected chi connectivity index (χ4v) is 2.46. The second-order valence-electron chi connectivity index (χ2n) is 4.98. The number of aromatic nitrogens is 2. The van der Waals surface area contributed by atoms with Gasteiger partial charge in [0.2, 0.25) is 0 Å². The zero-order valence-corrected chi connectivity index (χ0v) is 11.7. The van der Waals surface area contributed by atoms with E-state index in [0.717, 1.165) is 4.40 Å². The van der Waals surface area contributed by atoms with Gasteiger partial charge in [-0.1, -0.05) is 36.4 Å². The Morgan fingerprint density at radius 1 is 1.04 bits per heavy atom. The van der Waals surface area contributed by atoms with Gasteiger partial charge in [0.1, 0.15) is 5.56 Å². The van der Waals surface area contributed by atoms with Crippen molar-refractivity contribution in [3.63, 3.8) is 0 Å². The van der Waals surface area contributed by atoms with E-state index >= 15 is 0 Å². The van der Waals surface area contributed by atoms with Gasteiger partial charge in [0.05, 0.1) is 12.1 Å². The van der Waals surface area contributed by atoms with Gasteiger partial charge in [-0.15, -0.1) is 0 Å². The third kappa shape index (κ3) is 2.77. The fraction of sp³-hybridized carbons (Fsp3) is 0.125. The topological polar surface area (TPSA) is 48.4 Å². The van der Waals surface area contributed by atoms with E-state index in [9.17, 15) is 23.1 Å². The molecule has 0 saturated heterocycles. The van der Waals surface area contributed by atoms with Crippen LogP contribution in [0.2, 0.25) is 0 Å². The molecule has 1 aromatic carbocycles. The van der Waals surface area contributed by atoms with E-state index in [2.05, 4.69) is 0 Å². The van der Waals surface area contributed by atoms with Gasteiger partial charge in [0, 0.05) is 6.07 Å². The van der Waals surface area contributed by atoms with Crippen LogP contribution in [0.25, 0.3) is 16.8 Å². The van der Waals surface area contributed by atoms with Crippen LogP contribution >= 0.6 is 0 Å². The zero-order chi connectivity index (χ0) is 16.6. The van der Waals surface area contributed by atoms with Gasteiger partial charge in [0.15, 0.2) is 6.54 Å². The number of halogens is 3. The first kappa shape index (κ1) is 15.1. The van der Waals surface area contributed by atoms with E-state index in [0.29, 0.717) is 4.57 Å². The van der Waals surface area contributed by atoms with Crippen LogP contribution in [0.3, 0.4) is 0 Å². The number of fused-ring (bicyclic) bond motifs is 1. The third-order valence-electron chi connectivity index (χ3n) is 3.41. The Labute approximate surface area is 128 Å². The summed E-state index contributed by atoms with van der Waals surface area (Å²) < 4.78 is 40.1. The molecule has 0 N–H and O–H groups in total. The molecule has 0 radical (unpaired) electrons. The molecule has 0 atom stereocenters. The molecule has 0 aliphatic rings. The monoisotopic (exact) mass is 320 g/mol. The van der Waals surface area contributed by atoms with Gasteiger partial charge in [-0.25, -0.2) is 9.36 Å². The number of pyridine rings is 1. The predicted octanol–water partition coefficient (Wildman–Crippen LogP) is 1.89. The maximum Gasteiger partial charge on any atom is 0.426 e. The molecule has 118 valence electrons. The highest BCUT2D eigenvalue weighted by Crippen LogP contribution is 2.23. The normalized spacial score (nSPS) is 11.8. The Balaban J connectivity index is 2.40. The molecular weight excluding hydrogens is 309 g/mol. The number of nitrogens with zero attached hydrogens (tertiary/aromatic N) is 2. The SMILES string of the molecule is O=c1c(-c2ccccc2)c([O-])[n+](CC(F)(F)F)c2ccccn12. The van der Waals surface area contributed by atoms with Crippen molar-refractivity contribution in [2.24, 2.45) is 0 Å². The zero-order valence-electron chi connectivity index (χ0n) is 11.7. The molecule has 23 heavy (non-hydrogen) atoms. The van der Waals surface area contributed by atoms with Crippen molar-refractivity contribution in [3.05, 3.63) is 65.1 Å². The summed E-state index contributed by atoms with van der Waals surface area (Å²) in [5.41, 5.74) is -0.732. The molecule has 3 aromatic rings. The van der Waals surface area contributed by atoms with Gasteiger partial charge < -0.3 is 5.11 Å². The van der Waals surface area contributed by atoms with Crippen LogP contribution in [-0.2, 0) is 6.54 Å². The minimum atomic E-state index is -4.58. The lowest BCUT2D eigenvalue weighted by Gasteiger charge is -2.17. The van der Waals surface area contributed by atoms with Gasteiger partial charge in [-0.3, -0.25) is 0 Å². The molecule has 0 amide bonds. The Morgan fingerprint density at radius 2 is 1.70 bits per heavy atom. The van der Waals surface area contributed by atoms with Crippen LogP contribution in [-0.4, -0.2) is 10.6 Å². The molecule has 0 saturated carbocycles. The molecule has 0 aliphatic heterocycles. The quantitative estimate of drug-likeness (QED) is 0.677. The molecule has 0 bridgehead atoms. The number of hydrogen-bond acceptors (Lipinski definition) is 2. The lowest BCUT2D eigenvalue weighted by molar-refractivity contribution is -0.734. The van der Waals surface area contributed by atoms with Crippen molar-refractivity contribution in [1.82, 2.24) is 4.40 Å². The van der Waals surface area contributed by atoms with Crippen LogP contribution in [0.15, 0.2) is 59.5 Å². The molecule has 3 rings (SSSR count). The first-order valence-electron chi connectivity index (χ1n) is 6.75. The number of rotatable bonds is 2. The second kappa shape index (κ2) is 5.42. The van der Waals surface area contributed by atoms with E-state index < -0.39 is 24.2 Å². The average molecular weight is 320 g/mol. The Kier molecular flexibility index (Phi) is 3.55. The van der Waals surface area contributed by atoms with E-state index in [-0.39, 0.29) is 16.8 Å². The van der Waals surface area contributed by atoms with Gasteiger partial charge in [-0.05, 0) is 11.6 Å². The standard InChI is InChI=1S/C16H11F3N2O2/c17-16(18,19)10-21-12-8-4-5-9-20(12)14(22)13(15(21)23)11-6-2-1-3-7-11/h1-9H,10H2. The smallest absolute Gasteiger partial charge is 0.426 e. The highest BCUT2D eigenvalue weighted by Gasteiger charge is 2.33. The molecule has 0 aliphatic carbocycles. The lowest BCUT2D eigenvalue weighted by Crippen LogP contribution is -2.48. The Bertz CT molecular complexity index is 918. The largest absolute Gasteiger partial charge is 0.842 e. The van der Waals surface area contributed by atoms with Gasteiger partial charge in [-0.2, -0.15) is 17.6 Å². The number of alkyl halides is 3. The summed E-state index contributed by atoms with van der Waals surface area (Å²) in [6, 6.07) is 12.3. The minimum Gasteiger partial charge on any atom is -0.842 e. The molecule has 0 unspecified atom stereocenters. The summed E-state index contributed by atoms with van der Waals surface area (Å²) in [4.78, 5) is 12.5. The highest BCUT2D eigenvalue weighted by molar-refractivity contribution is 5.66. The first-order chi connectivity index (χ1) is 10.9. The predicted molar refractivity (Wildman–Crippen MR) is 74.8 cm³/mol. The van der Waals surface area contributed by atoms with Crippen molar-refractivity contribution in [3.8, 4) is 17.0 Å². The van der Waals surface area contributed by atoms with Crippen LogP contribution in [0.1, 0.15) is 0 Å². The van der Waals surface area contributed by atoms with Crippen molar-refractivity contribution >= 4 is 5.65 Å². The molecule has 0 fully saturated rings. The van der Waals surface area contributed by atoms with Crippen molar-refractivity contribution in [2.75, 3.05) is 0 Å². The number of hydrogen-bond donors (Lipinski definition) is 0. The van der Waals surface area contributed by atoms with E-state index in [1.165, 1.54) is 36.5 Å². The summed E-state index contributed by atoms with van der Waals surface area (Å²) >= 11 is 0. The van der Waals surface area contributed by atoms with Gasteiger partial charge in [0.25, 0.3) is 5.65 Å². The van der Waals surface area contributed by atoms with Crippen LogP contribution in [0.4, 0.5) is 13.2 Å². The van der Waals surface area contributed by atoms with Crippen molar-refractivity contribution < 1.29 is 22.8 Å². The molecule has 0 spiro atoms. The highest BCUT2D eigenvalue weighted by atomic mass is 19.4. The first-order valence-corrected chi connectivity index (χ1v) is 6.75. The van der Waals surface area contributed by atoms with E-state index in [1.54, 1.807) is 18.2 Å². The molecule has 2 heterocycles. The second-order valence-corrected chi connectivity index (χ2v) is 4.98. The Hall–Kier alpha value is -2.83. The molecular formula is C16H11F3N2O2. The summed E-state index contributed by atoms with van der Waals surface area (Å²) in [6.07, 6.45) is -3.23. The summed E-state index contributed by atoms with van der Waals surface area (Å²) in [5.74, 6) is -0.954. The van der Waals surface area contributed by atoms with Crippen LogP contribution in [0, 0.1) is 0 Å². The van der Waals surface area contributed by atoms with Crippen LogP contribution in [0.5, 0.6) is 5.88 Å². The van der Waals surface area contributed by atoms with E-state index in [4.69, 9.17) is 0 Å². The fourth-order valence-electron chi connectivity index (χ4n) is 2.46. The molecule has 2 aromatic heterocycles.